The number of aromatic nitrogens is 1. The number of anilines is 1. The molecule has 2 rings (SSSR count). The average molecular weight is 376 g/mol. The molecule has 134 valence electrons. The number of hydrogen-bond donors (Lipinski definition) is 2. The Balaban J connectivity index is 2.20. The van der Waals surface area contributed by atoms with E-state index in [0.29, 0.717) is 6.20 Å². The number of aryl methyl sites for hydroxylation is 1. The van der Waals surface area contributed by atoms with E-state index in [9.17, 15) is 31.7 Å². The van der Waals surface area contributed by atoms with Gasteiger partial charge in [0.25, 0.3) is 15.7 Å². The van der Waals surface area contributed by atoms with E-state index < -0.39 is 32.4 Å². The van der Waals surface area contributed by atoms with Gasteiger partial charge in [-0.3, -0.25) is 15.5 Å². The van der Waals surface area contributed by atoms with Gasteiger partial charge in [0.2, 0.25) is 0 Å². The first-order valence-corrected chi connectivity index (χ1v) is 8.05. The molecule has 0 saturated carbocycles. The molecule has 0 fully saturated rings. The van der Waals surface area contributed by atoms with Crippen molar-refractivity contribution in [1.29, 1.82) is 0 Å². The van der Waals surface area contributed by atoms with E-state index in [1.54, 1.807) is 0 Å². The maximum atomic E-state index is 12.4. The van der Waals surface area contributed by atoms with Crippen LogP contribution in [0.1, 0.15) is 11.1 Å². The van der Waals surface area contributed by atoms with Gasteiger partial charge in [-0.05, 0) is 24.6 Å². The maximum Gasteiger partial charge on any atom is 0.417 e. The summed E-state index contributed by atoms with van der Waals surface area (Å²) in [5.74, 6) is -0.181. The van der Waals surface area contributed by atoms with Gasteiger partial charge < -0.3 is 0 Å². The lowest BCUT2D eigenvalue weighted by molar-refractivity contribution is -0.385. The van der Waals surface area contributed by atoms with E-state index in [2.05, 4.69) is 10.4 Å². The number of alkyl halides is 3. The minimum absolute atomic E-state index is 0.181. The Morgan fingerprint density at radius 1 is 1.20 bits per heavy atom. The molecule has 0 atom stereocenters. The van der Waals surface area contributed by atoms with E-state index in [1.165, 1.54) is 13.0 Å². The van der Waals surface area contributed by atoms with Crippen LogP contribution in [0.3, 0.4) is 0 Å². The molecular formula is C13H11F3N4O4S. The molecule has 1 aromatic carbocycles. The third-order valence-electron chi connectivity index (χ3n) is 3.08. The number of non-ortho nitro benzene ring substituents is 1. The second-order valence-corrected chi connectivity index (χ2v) is 6.52. The van der Waals surface area contributed by atoms with Crippen LogP contribution in [0.4, 0.5) is 24.7 Å². The SMILES string of the molecule is Cc1ccc([N+](=O)[O-])cc1S(=O)(=O)NNc1ccc(C(F)(F)F)cn1. The van der Waals surface area contributed by atoms with Crippen LogP contribution in [-0.4, -0.2) is 18.3 Å². The molecule has 0 aliphatic heterocycles. The van der Waals surface area contributed by atoms with E-state index in [4.69, 9.17) is 0 Å². The molecule has 1 aromatic heterocycles. The highest BCUT2D eigenvalue weighted by Gasteiger charge is 2.30. The molecule has 2 aromatic rings. The van der Waals surface area contributed by atoms with Gasteiger partial charge in [0.05, 0.1) is 15.4 Å². The van der Waals surface area contributed by atoms with Crippen molar-refractivity contribution in [3.63, 3.8) is 0 Å². The molecule has 0 saturated heterocycles. The van der Waals surface area contributed by atoms with Gasteiger partial charge in [-0.15, -0.1) is 4.83 Å². The van der Waals surface area contributed by atoms with Gasteiger partial charge in [0.1, 0.15) is 5.82 Å². The van der Waals surface area contributed by atoms with E-state index in [-0.39, 0.29) is 16.3 Å². The van der Waals surface area contributed by atoms with Crippen molar-refractivity contribution in [3.05, 3.63) is 57.8 Å². The molecule has 12 heteroatoms. The van der Waals surface area contributed by atoms with Crippen LogP contribution < -0.4 is 10.3 Å². The third kappa shape index (κ3) is 4.42. The van der Waals surface area contributed by atoms with Crippen molar-refractivity contribution in [2.45, 2.75) is 18.0 Å². The summed E-state index contributed by atoms with van der Waals surface area (Å²) in [6.07, 6.45) is -4.03. The van der Waals surface area contributed by atoms with Gasteiger partial charge in [0.15, 0.2) is 0 Å². The third-order valence-corrected chi connectivity index (χ3v) is 4.47. The normalized spacial score (nSPS) is 12.0. The lowest BCUT2D eigenvalue weighted by Gasteiger charge is -2.11. The summed E-state index contributed by atoms with van der Waals surface area (Å²) >= 11 is 0. The predicted octanol–water partition coefficient (Wildman–Crippen LogP) is 2.62. The Kier molecular flexibility index (Phi) is 4.94. The number of hydrazine groups is 1. The molecule has 2 N–H and O–H groups in total. The zero-order valence-electron chi connectivity index (χ0n) is 12.5. The van der Waals surface area contributed by atoms with Crippen LogP contribution in [0, 0.1) is 17.0 Å². The smallest absolute Gasteiger partial charge is 0.292 e. The first kappa shape index (κ1) is 18.6. The van der Waals surface area contributed by atoms with Crippen molar-refractivity contribution >= 4 is 21.5 Å². The van der Waals surface area contributed by atoms with Crippen molar-refractivity contribution < 1.29 is 26.5 Å². The summed E-state index contributed by atoms with van der Waals surface area (Å²) in [7, 11) is -4.21. The van der Waals surface area contributed by atoms with Gasteiger partial charge >= 0.3 is 6.18 Å². The van der Waals surface area contributed by atoms with Crippen LogP contribution in [-0.2, 0) is 16.2 Å². The van der Waals surface area contributed by atoms with E-state index in [0.717, 1.165) is 24.3 Å². The summed E-state index contributed by atoms with van der Waals surface area (Å²) in [5, 5.41) is 10.8. The number of sulfonamides is 1. The molecule has 0 aliphatic rings. The number of benzene rings is 1. The molecule has 0 bridgehead atoms. The van der Waals surface area contributed by atoms with E-state index in [1.807, 2.05) is 4.83 Å². The van der Waals surface area contributed by atoms with Gasteiger partial charge in [-0.25, -0.2) is 13.4 Å². The Morgan fingerprint density at radius 3 is 2.40 bits per heavy atom. The van der Waals surface area contributed by atoms with Crippen LogP contribution in [0.15, 0.2) is 41.4 Å². The van der Waals surface area contributed by atoms with Crippen molar-refractivity contribution in [2.24, 2.45) is 0 Å². The molecular weight excluding hydrogens is 365 g/mol. The van der Waals surface area contributed by atoms with Crippen LogP contribution in [0.2, 0.25) is 0 Å². The Hall–Kier alpha value is -2.73. The van der Waals surface area contributed by atoms with Gasteiger partial charge in [-0.2, -0.15) is 13.2 Å². The first-order valence-electron chi connectivity index (χ1n) is 6.57. The number of rotatable bonds is 5. The molecule has 8 nitrogen and oxygen atoms in total. The standard InChI is InChI=1S/C13H11F3N4O4S/c1-8-2-4-10(20(21)22)6-11(8)25(23,24)19-18-12-5-3-9(7-17-12)13(14,15)16/h2-7,19H,1H3,(H,17,18). The number of nitrogens with zero attached hydrogens (tertiary/aromatic N) is 2. The monoisotopic (exact) mass is 376 g/mol. The molecule has 1 heterocycles. The average Bonchev–Trinajstić information content (AvgIpc) is 2.52. The lowest BCUT2D eigenvalue weighted by Crippen LogP contribution is -2.30. The van der Waals surface area contributed by atoms with Crippen molar-refractivity contribution in [2.75, 3.05) is 5.43 Å². The summed E-state index contributed by atoms with van der Waals surface area (Å²) in [6.45, 7) is 1.44. The number of nitro groups is 1. The number of nitrogens with one attached hydrogen (secondary N) is 2. The molecule has 0 amide bonds. The fourth-order valence-electron chi connectivity index (χ4n) is 1.80. The maximum absolute atomic E-state index is 12.4. The summed E-state index contributed by atoms with van der Waals surface area (Å²) < 4.78 is 61.8. The highest BCUT2D eigenvalue weighted by molar-refractivity contribution is 7.89. The second kappa shape index (κ2) is 6.64. The van der Waals surface area contributed by atoms with Crippen LogP contribution in [0.25, 0.3) is 0 Å². The summed E-state index contributed by atoms with van der Waals surface area (Å²) in [5.41, 5.74) is 0.994. The predicted molar refractivity (Wildman–Crippen MR) is 81.0 cm³/mol. The Labute approximate surface area is 139 Å². The highest BCUT2D eigenvalue weighted by Crippen LogP contribution is 2.28. The molecule has 0 aliphatic carbocycles. The fourth-order valence-corrected chi connectivity index (χ4v) is 2.92. The minimum atomic E-state index is -4.56. The first-order chi connectivity index (χ1) is 11.5. The topological polar surface area (TPSA) is 114 Å². The zero-order chi connectivity index (χ0) is 18.8. The lowest BCUT2D eigenvalue weighted by atomic mass is 10.2. The number of halogens is 3. The Morgan fingerprint density at radius 2 is 1.88 bits per heavy atom. The summed E-state index contributed by atoms with van der Waals surface area (Å²) in [4.78, 5) is 15.0. The van der Waals surface area contributed by atoms with Gasteiger partial charge in [-0.1, -0.05) is 6.07 Å². The molecule has 25 heavy (non-hydrogen) atoms. The second-order valence-electron chi connectivity index (χ2n) is 4.87. The Bertz CT molecular complexity index is 898. The van der Waals surface area contributed by atoms with Crippen molar-refractivity contribution in [3.8, 4) is 0 Å². The summed E-state index contributed by atoms with van der Waals surface area (Å²) in [6, 6.07) is 4.95. The molecule has 0 radical (unpaired) electrons. The number of nitro benzene ring substituents is 1. The minimum Gasteiger partial charge on any atom is -0.292 e. The quantitative estimate of drug-likeness (QED) is 0.612. The molecule has 0 spiro atoms. The number of pyridine rings is 1. The van der Waals surface area contributed by atoms with Crippen LogP contribution >= 0.6 is 0 Å². The highest BCUT2D eigenvalue weighted by atomic mass is 32.2. The fraction of sp³-hybridized carbons (Fsp3) is 0.154. The van der Waals surface area contributed by atoms with Crippen LogP contribution in [0.5, 0.6) is 0 Å². The zero-order valence-corrected chi connectivity index (χ0v) is 13.4. The van der Waals surface area contributed by atoms with E-state index >= 15 is 0 Å². The number of hydrogen-bond acceptors (Lipinski definition) is 6. The van der Waals surface area contributed by atoms with Crippen molar-refractivity contribution in [1.82, 2.24) is 9.82 Å². The largest absolute Gasteiger partial charge is 0.417 e. The van der Waals surface area contributed by atoms with Gasteiger partial charge in [0, 0.05) is 18.3 Å². The molecule has 0 unspecified atom stereocenters.